The molecule has 0 aromatic heterocycles. The summed E-state index contributed by atoms with van der Waals surface area (Å²) in [4.78, 5) is 57.2. The van der Waals surface area contributed by atoms with Gasteiger partial charge in [0, 0.05) is 0 Å². The number of carbonyl (C=O) groups excluding carboxylic acids is 3. The molecule has 0 aromatic rings. The number of rotatable bonds is 12. The van der Waals surface area contributed by atoms with Crippen LogP contribution in [-0.2, 0) is 24.0 Å². The summed E-state index contributed by atoms with van der Waals surface area (Å²) in [7, 11) is 0. The van der Waals surface area contributed by atoms with Crippen LogP contribution in [0.3, 0.4) is 0 Å². The molecule has 0 heterocycles. The molecule has 3 amide bonds. The van der Waals surface area contributed by atoms with Gasteiger partial charge in [-0.15, -0.1) is 0 Å². The minimum atomic E-state index is -1.46. The average Bonchev–Trinajstić information content (AvgIpc) is 2.55. The van der Waals surface area contributed by atoms with E-state index in [9.17, 15) is 29.1 Å². The zero-order valence-corrected chi connectivity index (χ0v) is 15.1. The summed E-state index contributed by atoms with van der Waals surface area (Å²) in [5.74, 6) is -5.19. The van der Waals surface area contributed by atoms with Crippen molar-refractivity contribution in [1.29, 1.82) is 0 Å². The smallest absolute Gasteiger partial charge is 0.322 e. The van der Waals surface area contributed by atoms with Crippen LogP contribution in [0.4, 0.5) is 0 Å². The van der Waals surface area contributed by atoms with Crippen LogP contribution < -0.4 is 21.7 Å². The van der Waals surface area contributed by atoms with Crippen LogP contribution in [-0.4, -0.2) is 76.3 Å². The molecule has 3 unspecified atom stereocenters. The van der Waals surface area contributed by atoms with Crippen LogP contribution in [0.1, 0.15) is 26.7 Å². The molecule has 3 atom stereocenters. The van der Waals surface area contributed by atoms with Crippen molar-refractivity contribution >= 4 is 29.7 Å². The van der Waals surface area contributed by atoms with Gasteiger partial charge in [-0.05, 0) is 12.3 Å². The first-order valence-corrected chi connectivity index (χ1v) is 8.16. The predicted molar refractivity (Wildman–Crippen MR) is 91.3 cm³/mol. The zero-order valence-electron chi connectivity index (χ0n) is 15.1. The van der Waals surface area contributed by atoms with Crippen molar-refractivity contribution in [2.45, 2.75) is 44.8 Å². The number of amides is 3. The number of aliphatic hydroxyl groups excluding tert-OH is 1. The van der Waals surface area contributed by atoms with Crippen molar-refractivity contribution < 1.29 is 39.3 Å². The highest BCUT2D eigenvalue weighted by molar-refractivity contribution is 5.94. The normalized spacial score (nSPS) is 14.0. The molecule has 27 heavy (non-hydrogen) atoms. The topological polar surface area (TPSA) is 208 Å². The molecule has 0 fully saturated rings. The van der Waals surface area contributed by atoms with E-state index in [1.54, 1.807) is 13.8 Å². The van der Waals surface area contributed by atoms with Crippen LogP contribution in [0, 0.1) is 5.92 Å². The second-order valence-corrected chi connectivity index (χ2v) is 6.25. The number of aliphatic hydroxyl groups is 1. The third-order valence-electron chi connectivity index (χ3n) is 3.30. The first-order valence-electron chi connectivity index (χ1n) is 8.16. The van der Waals surface area contributed by atoms with Gasteiger partial charge in [0.1, 0.15) is 18.6 Å². The van der Waals surface area contributed by atoms with Gasteiger partial charge in [0.2, 0.25) is 17.7 Å². The first kappa shape index (κ1) is 24.3. The molecule has 0 radical (unpaired) electrons. The molecule has 0 aliphatic carbocycles. The Morgan fingerprint density at radius 3 is 1.89 bits per heavy atom. The molecule has 0 aromatic carbocycles. The first-order chi connectivity index (χ1) is 12.5. The van der Waals surface area contributed by atoms with Crippen LogP contribution in [0.5, 0.6) is 0 Å². The third-order valence-corrected chi connectivity index (χ3v) is 3.30. The Balaban J connectivity index is 4.98. The molecular formula is C15H26N4O8. The zero-order chi connectivity index (χ0) is 21.1. The molecule has 12 nitrogen and oxygen atoms in total. The maximum absolute atomic E-state index is 12.2. The fourth-order valence-corrected chi connectivity index (χ4v) is 2.01. The van der Waals surface area contributed by atoms with E-state index in [2.05, 4.69) is 16.0 Å². The minimum absolute atomic E-state index is 0.0305. The monoisotopic (exact) mass is 390 g/mol. The number of nitrogens with two attached hydrogens (primary N) is 1. The fraction of sp³-hybridized carbons (Fsp3) is 0.667. The molecular weight excluding hydrogens is 364 g/mol. The lowest BCUT2D eigenvalue weighted by molar-refractivity contribution is -0.140. The van der Waals surface area contributed by atoms with E-state index in [-0.39, 0.29) is 12.3 Å². The van der Waals surface area contributed by atoms with E-state index < -0.39 is 67.4 Å². The van der Waals surface area contributed by atoms with Crippen molar-refractivity contribution in [3.8, 4) is 0 Å². The summed E-state index contributed by atoms with van der Waals surface area (Å²) >= 11 is 0. The van der Waals surface area contributed by atoms with Gasteiger partial charge in [-0.3, -0.25) is 24.0 Å². The Labute approximate surface area is 155 Å². The largest absolute Gasteiger partial charge is 0.481 e. The number of hydrogen-bond donors (Lipinski definition) is 7. The van der Waals surface area contributed by atoms with Crippen molar-refractivity contribution in [2.75, 3.05) is 13.2 Å². The van der Waals surface area contributed by atoms with E-state index in [0.29, 0.717) is 0 Å². The van der Waals surface area contributed by atoms with Crippen molar-refractivity contribution in [3.05, 3.63) is 0 Å². The fourth-order valence-electron chi connectivity index (χ4n) is 2.01. The third kappa shape index (κ3) is 10.1. The Morgan fingerprint density at radius 2 is 1.44 bits per heavy atom. The molecule has 0 saturated heterocycles. The van der Waals surface area contributed by atoms with Gasteiger partial charge < -0.3 is 37.0 Å². The van der Waals surface area contributed by atoms with Crippen molar-refractivity contribution in [2.24, 2.45) is 11.7 Å². The Kier molecular flexibility index (Phi) is 10.6. The maximum Gasteiger partial charge on any atom is 0.322 e. The lowest BCUT2D eigenvalue weighted by Crippen LogP contribution is -2.57. The molecule has 0 bridgehead atoms. The minimum Gasteiger partial charge on any atom is -0.481 e. The van der Waals surface area contributed by atoms with E-state index in [4.69, 9.17) is 15.9 Å². The second-order valence-electron chi connectivity index (χ2n) is 6.25. The maximum atomic E-state index is 12.2. The highest BCUT2D eigenvalue weighted by Crippen LogP contribution is 2.05. The highest BCUT2D eigenvalue weighted by Gasteiger charge is 2.28. The molecule has 0 saturated carbocycles. The van der Waals surface area contributed by atoms with Crippen molar-refractivity contribution in [1.82, 2.24) is 16.0 Å². The van der Waals surface area contributed by atoms with Crippen molar-refractivity contribution in [3.63, 3.8) is 0 Å². The summed E-state index contributed by atoms with van der Waals surface area (Å²) in [6.07, 6.45) is -0.485. The Hall–Kier alpha value is -2.73. The second kappa shape index (κ2) is 11.8. The Morgan fingerprint density at radius 1 is 0.889 bits per heavy atom. The van der Waals surface area contributed by atoms with Gasteiger partial charge in [0.25, 0.3) is 0 Å². The van der Waals surface area contributed by atoms with E-state index >= 15 is 0 Å². The summed E-state index contributed by atoms with van der Waals surface area (Å²) < 4.78 is 0. The number of nitrogens with one attached hydrogen (secondary N) is 3. The average molecular weight is 390 g/mol. The summed E-state index contributed by atoms with van der Waals surface area (Å²) in [6.45, 7) is 2.11. The molecule has 154 valence electrons. The molecule has 0 spiro atoms. The van der Waals surface area contributed by atoms with Gasteiger partial charge in [-0.25, -0.2) is 0 Å². The van der Waals surface area contributed by atoms with E-state index in [1.807, 2.05) is 0 Å². The molecule has 12 heteroatoms. The van der Waals surface area contributed by atoms with E-state index in [1.165, 1.54) is 0 Å². The summed E-state index contributed by atoms with van der Waals surface area (Å²) in [5, 5.41) is 33.1. The summed E-state index contributed by atoms with van der Waals surface area (Å²) in [6, 6.07) is -3.97. The van der Waals surface area contributed by atoms with Crippen LogP contribution >= 0.6 is 0 Å². The summed E-state index contributed by atoms with van der Waals surface area (Å²) in [5.41, 5.74) is 5.38. The van der Waals surface area contributed by atoms with Crippen LogP contribution in [0.2, 0.25) is 0 Å². The molecule has 8 N–H and O–H groups in total. The SMILES string of the molecule is CC(C)CC(NC(=O)C(CO)NC(=O)C(N)CC(=O)O)C(=O)NCC(=O)O. The lowest BCUT2D eigenvalue weighted by Gasteiger charge is -2.23. The predicted octanol–water partition coefficient (Wildman–Crippen LogP) is -3.00. The molecule has 0 rings (SSSR count). The van der Waals surface area contributed by atoms with Gasteiger partial charge >= 0.3 is 11.9 Å². The quantitative estimate of drug-likeness (QED) is 0.181. The number of aliphatic carboxylic acids is 2. The van der Waals surface area contributed by atoms with Gasteiger partial charge in [-0.1, -0.05) is 13.8 Å². The standard InChI is InChI=1S/C15H26N4O8/c1-7(2)3-9(14(26)17-5-12(23)24)18-15(27)10(6-20)19-13(25)8(16)4-11(21)22/h7-10,20H,3-6,16H2,1-2H3,(H,17,26)(H,18,27)(H,19,25)(H,21,22)(H,23,24). The number of carboxylic acids is 2. The molecule has 0 aliphatic rings. The lowest BCUT2D eigenvalue weighted by atomic mass is 10.0. The number of carboxylic acid groups (broad SMARTS) is 2. The Bertz CT molecular complexity index is 566. The molecule has 0 aliphatic heterocycles. The highest BCUT2D eigenvalue weighted by atomic mass is 16.4. The number of hydrogen-bond acceptors (Lipinski definition) is 7. The number of carbonyl (C=O) groups is 5. The van der Waals surface area contributed by atoms with Crippen LogP contribution in [0.25, 0.3) is 0 Å². The van der Waals surface area contributed by atoms with Gasteiger partial charge in [-0.2, -0.15) is 0 Å². The van der Waals surface area contributed by atoms with Gasteiger partial charge in [0.05, 0.1) is 19.1 Å². The van der Waals surface area contributed by atoms with Crippen LogP contribution in [0.15, 0.2) is 0 Å². The van der Waals surface area contributed by atoms with E-state index in [0.717, 1.165) is 0 Å². The van der Waals surface area contributed by atoms with Gasteiger partial charge in [0.15, 0.2) is 0 Å².